The first-order valence-corrected chi connectivity index (χ1v) is 11.2. The van der Waals surface area contributed by atoms with E-state index in [0.717, 1.165) is 30.8 Å². The standard InChI is InChI=1S/C24H22ClN5O3/c25-19-10-18(5-6-20(19)27)33-21-7-4-15(9-16(21)12-26)14-32-22-11-23-29-8-2-1-3-17(29)13-30(23)24(31)28-22/h4-7,9-11,17H,1-3,8,13-14,27H2. The molecule has 0 spiro atoms. The second-order valence-electron chi connectivity index (χ2n) is 8.21. The summed E-state index contributed by atoms with van der Waals surface area (Å²) < 4.78 is 13.4. The predicted octanol–water partition coefficient (Wildman–Crippen LogP) is 4.09. The van der Waals surface area contributed by atoms with E-state index in [2.05, 4.69) is 16.0 Å². The second kappa shape index (κ2) is 8.68. The molecule has 3 heterocycles. The van der Waals surface area contributed by atoms with Crippen molar-refractivity contribution in [2.24, 2.45) is 0 Å². The van der Waals surface area contributed by atoms with Crippen LogP contribution in [0.25, 0.3) is 0 Å². The normalized spacial score (nSPS) is 16.6. The summed E-state index contributed by atoms with van der Waals surface area (Å²) in [5, 5.41) is 9.96. The van der Waals surface area contributed by atoms with Gasteiger partial charge in [-0.2, -0.15) is 10.2 Å². The van der Waals surface area contributed by atoms with Crippen molar-refractivity contribution in [3.05, 3.63) is 69.1 Å². The van der Waals surface area contributed by atoms with E-state index < -0.39 is 0 Å². The first-order valence-electron chi connectivity index (χ1n) is 10.8. The van der Waals surface area contributed by atoms with Crippen LogP contribution in [-0.4, -0.2) is 22.1 Å². The number of anilines is 2. The van der Waals surface area contributed by atoms with Crippen LogP contribution in [0.4, 0.5) is 11.5 Å². The number of fused-ring (bicyclic) bond motifs is 3. The molecule has 3 aromatic rings. The molecule has 0 radical (unpaired) electrons. The first kappa shape index (κ1) is 21.2. The Morgan fingerprint density at radius 2 is 2.09 bits per heavy atom. The third kappa shape index (κ3) is 4.20. The Kier molecular flexibility index (Phi) is 5.56. The molecule has 168 valence electrons. The van der Waals surface area contributed by atoms with Gasteiger partial charge in [0.2, 0.25) is 5.88 Å². The molecule has 1 saturated heterocycles. The van der Waals surface area contributed by atoms with E-state index >= 15 is 0 Å². The second-order valence-corrected chi connectivity index (χ2v) is 8.61. The molecule has 1 unspecified atom stereocenters. The molecule has 1 fully saturated rings. The number of hydrogen-bond acceptors (Lipinski definition) is 7. The summed E-state index contributed by atoms with van der Waals surface area (Å²) in [6.45, 7) is 1.80. The molecule has 8 nitrogen and oxygen atoms in total. The molecule has 1 atom stereocenters. The monoisotopic (exact) mass is 463 g/mol. The highest BCUT2D eigenvalue weighted by Gasteiger charge is 2.32. The lowest BCUT2D eigenvalue weighted by Gasteiger charge is -2.30. The molecular weight excluding hydrogens is 442 g/mol. The van der Waals surface area contributed by atoms with Gasteiger partial charge in [-0.1, -0.05) is 17.7 Å². The Labute approximate surface area is 195 Å². The van der Waals surface area contributed by atoms with Crippen molar-refractivity contribution in [3.8, 4) is 23.4 Å². The van der Waals surface area contributed by atoms with E-state index in [1.807, 2.05) is 6.07 Å². The van der Waals surface area contributed by atoms with Gasteiger partial charge in [0, 0.05) is 31.3 Å². The van der Waals surface area contributed by atoms with Crippen LogP contribution in [-0.2, 0) is 13.2 Å². The van der Waals surface area contributed by atoms with Gasteiger partial charge in [-0.3, -0.25) is 4.57 Å². The number of nitriles is 1. The predicted molar refractivity (Wildman–Crippen MR) is 125 cm³/mol. The third-order valence-corrected chi connectivity index (χ3v) is 6.36. The van der Waals surface area contributed by atoms with E-state index in [0.29, 0.717) is 40.4 Å². The van der Waals surface area contributed by atoms with Crippen molar-refractivity contribution in [1.82, 2.24) is 9.55 Å². The zero-order valence-corrected chi connectivity index (χ0v) is 18.6. The van der Waals surface area contributed by atoms with Gasteiger partial charge in [-0.05, 0) is 49.1 Å². The molecule has 2 aliphatic heterocycles. The van der Waals surface area contributed by atoms with Crippen LogP contribution in [0.5, 0.6) is 17.4 Å². The van der Waals surface area contributed by atoms with Crippen molar-refractivity contribution in [2.75, 3.05) is 17.2 Å². The van der Waals surface area contributed by atoms with Gasteiger partial charge in [0.25, 0.3) is 0 Å². The molecule has 9 heteroatoms. The van der Waals surface area contributed by atoms with Gasteiger partial charge in [0.05, 0.1) is 16.3 Å². The Morgan fingerprint density at radius 3 is 2.91 bits per heavy atom. The lowest BCUT2D eigenvalue weighted by Crippen LogP contribution is -2.36. The van der Waals surface area contributed by atoms with E-state index in [1.165, 1.54) is 6.42 Å². The average molecular weight is 464 g/mol. The Balaban J connectivity index is 1.31. The van der Waals surface area contributed by atoms with Crippen LogP contribution in [0.2, 0.25) is 5.02 Å². The summed E-state index contributed by atoms with van der Waals surface area (Å²) in [7, 11) is 0. The minimum Gasteiger partial charge on any atom is -0.473 e. The van der Waals surface area contributed by atoms with Gasteiger partial charge < -0.3 is 20.1 Å². The number of hydrogen-bond donors (Lipinski definition) is 1. The summed E-state index contributed by atoms with van der Waals surface area (Å²) in [5.74, 6) is 2.03. The van der Waals surface area contributed by atoms with E-state index in [-0.39, 0.29) is 18.2 Å². The number of rotatable bonds is 5. The summed E-state index contributed by atoms with van der Waals surface area (Å²) in [5.41, 5.74) is 6.99. The molecule has 2 aliphatic rings. The van der Waals surface area contributed by atoms with Crippen LogP contribution in [0.15, 0.2) is 47.3 Å². The number of nitrogens with two attached hydrogens (primary N) is 1. The highest BCUT2D eigenvalue weighted by molar-refractivity contribution is 6.33. The summed E-state index contributed by atoms with van der Waals surface area (Å²) in [4.78, 5) is 18.9. The van der Waals surface area contributed by atoms with Gasteiger partial charge in [0.1, 0.15) is 30.0 Å². The van der Waals surface area contributed by atoms with Crippen LogP contribution in [0, 0.1) is 11.3 Å². The third-order valence-electron chi connectivity index (χ3n) is 6.03. The maximum absolute atomic E-state index is 12.5. The Hall–Kier alpha value is -3.70. The van der Waals surface area contributed by atoms with Crippen molar-refractivity contribution in [3.63, 3.8) is 0 Å². The molecule has 5 rings (SSSR count). The maximum atomic E-state index is 12.5. The van der Waals surface area contributed by atoms with Crippen molar-refractivity contribution < 1.29 is 9.47 Å². The highest BCUT2D eigenvalue weighted by atomic mass is 35.5. The topological polar surface area (TPSA) is 106 Å². The smallest absolute Gasteiger partial charge is 0.352 e. The van der Waals surface area contributed by atoms with Crippen LogP contribution in [0.3, 0.4) is 0 Å². The Bertz CT molecular complexity index is 1320. The fourth-order valence-corrected chi connectivity index (χ4v) is 4.53. The molecule has 33 heavy (non-hydrogen) atoms. The number of ether oxygens (including phenoxy) is 2. The van der Waals surface area contributed by atoms with Crippen molar-refractivity contribution in [1.29, 1.82) is 5.26 Å². The van der Waals surface area contributed by atoms with Gasteiger partial charge >= 0.3 is 5.69 Å². The summed E-state index contributed by atoms with van der Waals surface area (Å²) >= 11 is 6.04. The van der Waals surface area contributed by atoms with Gasteiger partial charge in [0.15, 0.2) is 0 Å². The molecule has 2 aromatic carbocycles. The van der Waals surface area contributed by atoms with Crippen molar-refractivity contribution >= 4 is 23.1 Å². The average Bonchev–Trinajstić information content (AvgIpc) is 3.20. The minimum atomic E-state index is -0.291. The molecule has 0 amide bonds. The lowest BCUT2D eigenvalue weighted by atomic mass is 10.0. The number of halogens is 1. The number of nitrogens with zero attached hydrogens (tertiary/aromatic N) is 4. The Morgan fingerprint density at radius 1 is 1.21 bits per heavy atom. The fourth-order valence-electron chi connectivity index (χ4n) is 4.36. The van der Waals surface area contributed by atoms with Gasteiger partial charge in [-0.15, -0.1) is 0 Å². The SMILES string of the molecule is N#Cc1cc(COc2cc3n(c(=O)n2)CC2CCCCN32)ccc1Oc1ccc(N)c(Cl)c1. The summed E-state index contributed by atoms with van der Waals surface area (Å²) in [6, 6.07) is 14.5. The molecule has 1 aromatic heterocycles. The maximum Gasteiger partial charge on any atom is 0.352 e. The number of benzene rings is 2. The van der Waals surface area contributed by atoms with Crippen LogP contribution < -0.4 is 25.8 Å². The fraction of sp³-hybridized carbons (Fsp3) is 0.292. The van der Waals surface area contributed by atoms with Crippen LogP contribution >= 0.6 is 11.6 Å². The first-order chi connectivity index (χ1) is 16.0. The summed E-state index contributed by atoms with van der Waals surface area (Å²) in [6.07, 6.45) is 3.40. The quantitative estimate of drug-likeness (QED) is 0.568. The zero-order chi connectivity index (χ0) is 22.9. The molecule has 0 bridgehead atoms. The van der Waals surface area contributed by atoms with Gasteiger partial charge in [-0.25, -0.2) is 4.79 Å². The largest absolute Gasteiger partial charge is 0.473 e. The minimum absolute atomic E-state index is 0.169. The number of piperidine rings is 1. The molecule has 0 saturated carbocycles. The van der Waals surface area contributed by atoms with E-state index in [4.69, 9.17) is 26.8 Å². The zero-order valence-electron chi connectivity index (χ0n) is 17.8. The van der Waals surface area contributed by atoms with Crippen LogP contribution in [0.1, 0.15) is 30.4 Å². The number of nitrogen functional groups attached to an aromatic ring is 1. The highest BCUT2D eigenvalue weighted by Crippen LogP contribution is 2.33. The number of aromatic nitrogens is 2. The molecular formula is C24H22ClN5O3. The molecule has 0 aliphatic carbocycles. The van der Waals surface area contributed by atoms with E-state index in [9.17, 15) is 10.1 Å². The lowest BCUT2D eigenvalue weighted by molar-refractivity contribution is 0.291. The van der Waals surface area contributed by atoms with Crippen molar-refractivity contribution in [2.45, 2.75) is 38.5 Å². The van der Waals surface area contributed by atoms with E-state index in [1.54, 1.807) is 41.0 Å². The molecule has 2 N–H and O–H groups in total.